The van der Waals surface area contributed by atoms with E-state index >= 15 is 0 Å². The van der Waals surface area contributed by atoms with Crippen molar-refractivity contribution in [2.75, 3.05) is 26.1 Å². The van der Waals surface area contributed by atoms with Gasteiger partial charge < -0.3 is 19.5 Å². The van der Waals surface area contributed by atoms with Gasteiger partial charge in [0.25, 0.3) is 5.56 Å². The molecule has 3 aromatic rings. The minimum Gasteiger partial charge on any atom is -0.497 e. The highest BCUT2D eigenvalue weighted by atomic mass is 19.4. The maximum atomic E-state index is 14.2. The Morgan fingerprint density at radius 1 is 0.976 bits per heavy atom. The Morgan fingerprint density at radius 2 is 1.64 bits per heavy atom. The lowest BCUT2D eigenvalue weighted by Gasteiger charge is -2.19. The average Bonchev–Trinajstić information content (AvgIpc) is 3.42. The number of esters is 1. The second-order valence-corrected chi connectivity index (χ2v) is 11.2. The molecule has 0 bridgehead atoms. The summed E-state index contributed by atoms with van der Waals surface area (Å²) >= 11 is 0. The number of methoxy groups -OCH3 is 2. The summed E-state index contributed by atoms with van der Waals surface area (Å²) in [7, 11) is 3.01. The van der Waals surface area contributed by atoms with Gasteiger partial charge >= 0.3 is 12.1 Å². The zero-order valence-corrected chi connectivity index (χ0v) is 24.5. The van der Waals surface area contributed by atoms with Crippen LogP contribution in [0.15, 0.2) is 41.2 Å². The molecule has 0 saturated carbocycles. The molecule has 1 N–H and O–H groups in total. The first kappa shape index (κ1) is 30.9. The van der Waals surface area contributed by atoms with E-state index in [9.17, 15) is 22.8 Å². The first-order valence-electron chi connectivity index (χ1n) is 13.9. The molecule has 42 heavy (non-hydrogen) atoms. The van der Waals surface area contributed by atoms with Crippen molar-refractivity contribution in [1.29, 1.82) is 0 Å². The van der Waals surface area contributed by atoms with E-state index in [2.05, 4.69) is 10.4 Å². The fraction of sp³-hybridized carbons (Fsp3) is 0.452. The summed E-state index contributed by atoms with van der Waals surface area (Å²) in [5.74, 6) is 0.680. The molecule has 2 aromatic carbocycles. The van der Waals surface area contributed by atoms with E-state index in [1.54, 1.807) is 39.0 Å². The third-order valence-corrected chi connectivity index (χ3v) is 6.87. The lowest BCUT2D eigenvalue weighted by molar-refractivity contribution is -0.154. The van der Waals surface area contributed by atoms with E-state index in [-0.39, 0.29) is 18.1 Å². The van der Waals surface area contributed by atoms with Crippen LogP contribution in [0.25, 0.3) is 16.9 Å². The highest BCUT2D eigenvalue weighted by Crippen LogP contribution is 2.37. The van der Waals surface area contributed by atoms with Gasteiger partial charge in [-0.25, -0.2) is 0 Å². The zero-order valence-electron chi connectivity index (χ0n) is 24.5. The second kappa shape index (κ2) is 12.5. The molecule has 226 valence electrons. The van der Waals surface area contributed by atoms with Crippen LogP contribution in [-0.4, -0.2) is 42.1 Å². The van der Waals surface area contributed by atoms with Crippen molar-refractivity contribution in [3.63, 3.8) is 0 Å². The number of hydrogen-bond acceptors (Lipinski definition) is 7. The zero-order chi connectivity index (χ0) is 30.7. The minimum atomic E-state index is -4.72. The van der Waals surface area contributed by atoms with Gasteiger partial charge in [0.2, 0.25) is 0 Å². The van der Waals surface area contributed by atoms with E-state index in [4.69, 9.17) is 14.2 Å². The molecular formula is C31H36F3N3O5. The van der Waals surface area contributed by atoms with Crippen LogP contribution in [0.3, 0.4) is 0 Å². The van der Waals surface area contributed by atoms with Crippen molar-refractivity contribution < 1.29 is 32.2 Å². The number of nitrogens with zero attached hydrogens (tertiary/aromatic N) is 2. The number of benzene rings is 2. The number of ether oxygens (including phenoxy) is 3. The van der Waals surface area contributed by atoms with Crippen LogP contribution in [0.4, 0.5) is 18.9 Å². The highest BCUT2D eigenvalue weighted by molar-refractivity contribution is 5.70. The maximum Gasteiger partial charge on any atom is 0.418 e. The van der Waals surface area contributed by atoms with E-state index in [0.717, 1.165) is 16.3 Å². The predicted octanol–water partition coefficient (Wildman–Crippen LogP) is 6.35. The van der Waals surface area contributed by atoms with Crippen molar-refractivity contribution in [3.05, 3.63) is 63.4 Å². The fourth-order valence-electron chi connectivity index (χ4n) is 4.99. The van der Waals surface area contributed by atoms with E-state index < -0.39 is 22.9 Å². The van der Waals surface area contributed by atoms with Gasteiger partial charge in [0, 0.05) is 35.8 Å². The third-order valence-electron chi connectivity index (χ3n) is 6.87. The normalized spacial score (nSPS) is 13.0. The van der Waals surface area contributed by atoms with Crippen LogP contribution < -0.4 is 20.3 Å². The monoisotopic (exact) mass is 587 g/mol. The van der Waals surface area contributed by atoms with Gasteiger partial charge in [-0.05, 0) is 88.8 Å². The van der Waals surface area contributed by atoms with Crippen LogP contribution >= 0.6 is 0 Å². The molecule has 1 aliphatic rings. The number of aromatic nitrogens is 2. The number of fused-ring (bicyclic) bond motifs is 1. The molecule has 11 heteroatoms. The van der Waals surface area contributed by atoms with Gasteiger partial charge in [-0.3, -0.25) is 9.59 Å². The van der Waals surface area contributed by atoms with Gasteiger partial charge in [-0.15, -0.1) is 0 Å². The molecule has 0 aliphatic heterocycles. The molecule has 1 aromatic heterocycles. The Hall–Kier alpha value is -4.02. The molecule has 1 aliphatic carbocycles. The van der Waals surface area contributed by atoms with Crippen LogP contribution in [0.2, 0.25) is 0 Å². The Morgan fingerprint density at radius 3 is 2.26 bits per heavy atom. The number of rotatable bonds is 10. The molecule has 0 amide bonds. The molecular weight excluding hydrogens is 551 g/mol. The molecule has 0 saturated heterocycles. The van der Waals surface area contributed by atoms with Crippen molar-refractivity contribution in [1.82, 2.24) is 9.78 Å². The first-order valence-corrected chi connectivity index (χ1v) is 13.9. The lowest BCUT2D eigenvalue weighted by Crippen LogP contribution is -2.28. The topological polar surface area (TPSA) is 91.7 Å². The number of carbonyl (C=O) groups is 1. The average molecular weight is 588 g/mol. The van der Waals surface area contributed by atoms with E-state index in [0.29, 0.717) is 72.7 Å². The SMILES string of the molecule is COc1cc(OC)cc(-c2nn(-c3cc(NCCCCC(=O)OC(C)(C)C)ccc3C(F)(F)F)c(=O)c3c2CCC3)c1. The number of alkyl halides is 3. The van der Waals surface area contributed by atoms with Gasteiger partial charge in [-0.2, -0.15) is 23.0 Å². The Kier molecular flexibility index (Phi) is 9.18. The summed E-state index contributed by atoms with van der Waals surface area (Å²) in [5, 5.41) is 7.63. The number of anilines is 1. The van der Waals surface area contributed by atoms with E-state index in [1.165, 1.54) is 26.4 Å². The van der Waals surface area contributed by atoms with Gasteiger partial charge in [-0.1, -0.05) is 0 Å². The number of carbonyl (C=O) groups excluding carboxylic acids is 1. The number of halogens is 3. The van der Waals surface area contributed by atoms with Gasteiger partial charge in [0.1, 0.15) is 17.1 Å². The summed E-state index contributed by atoms with van der Waals surface area (Å²) in [4.78, 5) is 25.5. The Bertz CT molecular complexity index is 1490. The fourth-order valence-corrected chi connectivity index (χ4v) is 4.99. The number of unbranched alkanes of at least 4 members (excludes halogenated alkanes) is 1. The van der Waals surface area contributed by atoms with Crippen LogP contribution in [0.5, 0.6) is 11.5 Å². The minimum absolute atomic E-state index is 0.240. The Balaban J connectivity index is 1.69. The lowest BCUT2D eigenvalue weighted by atomic mass is 10.0. The molecule has 0 radical (unpaired) electrons. The molecule has 4 rings (SSSR count). The molecule has 0 atom stereocenters. The van der Waals surface area contributed by atoms with Crippen LogP contribution in [0, 0.1) is 0 Å². The molecule has 0 unspecified atom stereocenters. The molecule has 1 heterocycles. The van der Waals surface area contributed by atoms with Gasteiger partial charge in [0.05, 0.1) is 31.2 Å². The smallest absolute Gasteiger partial charge is 0.418 e. The van der Waals surface area contributed by atoms with Crippen molar-refractivity contribution in [2.45, 2.75) is 71.1 Å². The molecule has 0 spiro atoms. The van der Waals surface area contributed by atoms with Crippen molar-refractivity contribution in [2.24, 2.45) is 0 Å². The quantitative estimate of drug-likeness (QED) is 0.218. The summed E-state index contributed by atoms with van der Waals surface area (Å²) < 4.78 is 59.5. The van der Waals surface area contributed by atoms with Crippen LogP contribution in [0.1, 0.15) is 63.1 Å². The van der Waals surface area contributed by atoms with Crippen molar-refractivity contribution in [3.8, 4) is 28.4 Å². The number of nitrogens with one attached hydrogen (secondary N) is 1. The summed E-state index contributed by atoms with van der Waals surface area (Å²) in [5.41, 5.74) is 0.0920. The predicted molar refractivity (Wildman–Crippen MR) is 154 cm³/mol. The largest absolute Gasteiger partial charge is 0.497 e. The van der Waals surface area contributed by atoms with Crippen molar-refractivity contribution >= 4 is 11.7 Å². The highest BCUT2D eigenvalue weighted by Gasteiger charge is 2.35. The summed E-state index contributed by atoms with van der Waals surface area (Å²) in [6.45, 7) is 5.81. The molecule has 0 fully saturated rings. The third kappa shape index (κ3) is 7.24. The summed E-state index contributed by atoms with van der Waals surface area (Å²) in [6.07, 6.45) is -1.61. The standard InChI is InChI=1S/C31H36F3N3O5/c1-30(2,3)42-27(38)11-6-7-14-35-20-12-13-25(31(32,33)34)26(17-20)37-29(39)24-10-8-9-23(24)28(36-37)19-15-21(40-4)18-22(16-19)41-5/h12-13,15-18,35H,6-11,14H2,1-5H3. The number of hydrogen-bond donors (Lipinski definition) is 1. The molecule has 8 nitrogen and oxygen atoms in total. The van der Waals surface area contributed by atoms with Crippen LogP contribution in [-0.2, 0) is 28.5 Å². The Labute approximate surface area is 242 Å². The first-order chi connectivity index (χ1) is 19.8. The maximum absolute atomic E-state index is 14.2. The second-order valence-electron chi connectivity index (χ2n) is 11.2. The summed E-state index contributed by atoms with van der Waals surface area (Å²) in [6, 6.07) is 8.70. The van der Waals surface area contributed by atoms with Gasteiger partial charge in [0.15, 0.2) is 0 Å². The van der Waals surface area contributed by atoms with E-state index in [1.807, 2.05) is 0 Å².